The third kappa shape index (κ3) is 7.95. The van der Waals surface area contributed by atoms with Gasteiger partial charge in [-0.15, -0.1) is 0 Å². The largest absolute Gasteiger partial charge is 0.444 e. The molecule has 0 aromatic carbocycles. The van der Waals surface area contributed by atoms with Crippen LogP contribution in [0.3, 0.4) is 0 Å². The third-order valence-electron chi connectivity index (χ3n) is 7.40. The van der Waals surface area contributed by atoms with Crippen LogP contribution >= 0.6 is 15.9 Å². The molecule has 0 spiro atoms. The highest BCUT2D eigenvalue weighted by Crippen LogP contribution is 2.43. The van der Waals surface area contributed by atoms with Gasteiger partial charge in [0.1, 0.15) is 11.2 Å². The predicted octanol–water partition coefficient (Wildman–Crippen LogP) is 3.53. The van der Waals surface area contributed by atoms with Crippen molar-refractivity contribution in [3.05, 3.63) is 0 Å². The molecule has 0 unspecified atom stereocenters. The minimum absolute atomic E-state index is 0.0278. The van der Waals surface area contributed by atoms with E-state index in [1.807, 2.05) is 46.4 Å². The van der Waals surface area contributed by atoms with Crippen LogP contribution in [0.1, 0.15) is 67.2 Å². The fourth-order valence-corrected chi connectivity index (χ4v) is 5.69. The number of hydrogen-bond donors (Lipinski definition) is 1. The Morgan fingerprint density at radius 3 is 1.28 bits per heavy atom. The summed E-state index contributed by atoms with van der Waals surface area (Å²) < 4.78 is 10.8. The van der Waals surface area contributed by atoms with Gasteiger partial charge in [0.15, 0.2) is 0 Å². The number of aliphatic hydroxyl groups excluding tert-OH is 1. The van der Waals surface area contributed by atoms with Crippen LogP contribution in [0.15, 0.2) is 0 Å². The second kappa shape index (κ2) is 11.3. The number of ether oxygens (including phenoxy) is 2. The van der Waals surface area contributed by atoms with Crippen molar-refractivity contribution < 1.29 is 24.2 Å². The van der Waals surface area contributed by atoms with E-state index in [4.69, 9.17) is 9.47 Å². The Bertz CT molecular complexity index is 693. The summed E-state index contributed by atoms with van der Waals surface area (Å²) in [6.07, 6.45) is 4.32. The molecule has 0 radical (unpaired) electrons. The van der Waals surface area contributed by atoms with Crippen LogP contribution in [0.25, 0.3) is 0 Å². The Kier molecular flexibility index (Phi) is 9.27. The number of carbonyl (C=O) groups is 2. The zero-order chi connectivity index (χ0) is 26.8. The first-order chi connectivity index (χ1) is 16.7. The number of halogens is 1. The molecular formula is C26H47BrN4O5. The SMILES string of the molecule is CC(C)(C)OC(=O)N1CCN(C2(CBr)CC2)CC1.CC(C)(C)OC(=O)N1CCN(C2(CO)CC2)CC1. The Balaban J connectivity index is 0.000000201. The minimum Gasteiger partial charge on any atom is -0.444 e. The van der Waals surface area contributed by atoms with Crippen LogP contribution in [0.4, 0.5) is 9.59 Å². The molecule has 2 aliphatic heterocycles. The molecule has 4 aliphatic rings. The lowest BCUT2D eigenvalue weighted by atomic mass is 10.2. The maximum Gasteiger partial charge on any atom is 0.410 e. The highest BCUT2D eigenvalue weighted by Gasteiger charge is 2.49. The predicted molar refractivity (Wildman–Crippen MR) is 144 cm³/mol. The number of piperazine rings is 2. The molecule has 2 saturated carbocycles. The molecule has 36 heavy (non-hydrogen) atoms. The summed E-state index contributed by atoms with van der Waals surface area (Å²) in [4.78, 5) is 32.2. The van der Waals surface area contributed by atoms with E-state index in [1.165, 1.54) is 12.8 Å². The van der Waals surface area contributed by atoms with E-state index in [0.717, 1.165) is 57.4 Å². The summed E-state index contributed by atoms with van der Waals surface area (Å²) in [7, 11) is 0. The Morgan fingerprint density at radius 1 is 0.694 bits per heavy atom. The average Bonchev–Trinajstić information content (AvgIpc) is 3.73. The standard InChI is InChI=1S/C13H23BrN2O2.C13H24N2O3/c1-12(2,3)18-11(17)15-6-8-16(9-7-15)13(10-14)4-5-13;1-12(2,3)18-11(17)14-6-8-15(9-7-14)13(10-16)4-5-13/h4-10H2,1-3H3;16H,4-10H2,1-3H3. The van der Waals surface area contributed by atoms with E-state index < -0.39 is 11.2 Å². The van der Waals surface area contributed by atoms with E-state index in [1.54, 1.807) is 4.90 Å². The van der Waals surface area contributed by atoms with Gasteiger partial charge in [0.25, 0.3) is 0 Å². The zero-order valence-electron chi connectivity index (χ0n) is 23.1. The molecule has 208 valence electrons. The molecule has 0 aromatic heterocycles. The number of alkyl halides is 1. The van der Waals surface area contributed by atoms with Crippen molar-refractivity contribution >= 4 is 28.1 Å². The van der Waals surface area contributed by atoms with Crippen molar-refractivity contribution in [1.82, 2.24) is 19.6 Å². The summed E-state index contributed by atoms with van der Waals surface area (Å²) in [6, 6.07) is 0. The quantitative estimate of drug-likeness (QED) is 0.514. The Labute approximate surface area is 225 Å². The normalized spacial score (nSPS) is 23.9. The fourth-order valence-electron chi connectivity index (χ4n) is 4.78. The first-order valence-corrected chi connectivity index (χ1v) is 14.5. The summed E-state index contributed by atoms with van der Waals surface area (Å²) in [5.74, 6) is 0. The molecule has 2 amide bonds. The lowest BCUT2D eigenvalue weighted by molar-refractivity contribution is 0.00352. The fraction of sp³-hybridized carbons (Fsp3) is 0.923. The van der Waals surface area contributed by atoms with E-state index in [9.17, 15) is 14.7 Å². The maximum atomic E-state index is 11.9. The lowest BCUT2D eigenvalue weighted by Gasteiger charge is -2.39. The number of nitrogens with zero attached hydrogens (tertiary/aromatic N) is 4. The molecule has 4 rings (SSSR count). The smallest absolute Gasteiger partial charge is 0.410 e. The number of rotatable bonds is 4. The van der Waals surface area contributed by atoms with Crippen molar-refractivity contribution in [2.45, 2.75) is 89.5 Å². The van der Waals surface area contributed by atoms with E-state index in [0.29, 0.717) is 18.6 Å². The topological polar surface area (TPSA) is 85.8 Å². The summed E-state index contributed by atoms with van der Waals surface area (Å²) >= 11 is 3.61. The number of amides is 2. The van der Waals surface area contributed by atoms with Gasteiger partial charge in [-0.2, -0.15) is 0 Å². The van der Waals surface area contributed by atoms with Crippen molar-refractivity contribution in [3.8, 4) is 0 Å². The second-order valence-corrected chi connectivity index (χ2v) is 13.2. The van der Waals surface area contributed by atoms with Gasteiger partial charge < -0.3 is 24.4 Å². The van der Waals surface area contributed by atoms with Gasteiger partial charge in [0, 0.05) is 68.8 Å². The average molecular weight is 576 g/mol. The van der Waals surface area contributed by atoms with Gasteiger partial charge in [0.05, 0.1) is 6.61 Å². The van der Waals surface area contributed by atoms with Crippen LogP contribution in [-0.2, 0) is 9.47 Å². The van der Waals surface area contributed by atoms with E-state index in [2.05, 4.69) is 25.7 Å². The van der Waals surface area contributed by atoms with E-state index in [-0.39, 0.29) is 24.3 Å². The highest BCUT2D eigenvalue weighted by molar-refractivity contribution is 9.09. The first kappa shape index (κ1) is 29.5. The monoisotopic (exact) mass is 574 g/mol. The summed E-state index contributed by atoms with van der Waals surface area (Å²) in [5, 5.41) is 10.4. The van der Waals surface area contributed by atoms with Gasteiger partial charge in [-0.25, -0.2) is 9.59 Å². The van der Waals surface area contributed by atoms with Crippen LogP contribution in [0.2, 0.25) is 0 Å². The first-order valence-electron chi connectivity index (χ1n) is 13.4. The van der Waals surface area contributed by atoms with Gasteiger partial charge in [0.2, 0.25) is 0 Å². The molecule has 1 N–H and O–H groups in total. The van der Waals surface area contributed by atoms with Crippen molar-refractivity contribution in [2.75, 3.05) is 64.3 Å². The van der Waals surface area contributed by atoms with Crippen LogP contribution < -0.4 is 0 Å². The van der Waals surface area contributed by atoms with Gasteiger partial charge >= 0.3 is 12.2 Å². The molecule has 0 aromatic rings. The Hall–Kier alpha value is -1.10. The number of hydrogen-bond acceptors (Lipinski definition) is 7. The molecule has 2 saturated heterocycles. The number of carbonyl (C=O) groups excluding carboxylic acids is 2. The molecule has 2 heterocycles. The number of aliphatic hydroxyl groups is 1. The summed E-state index contributed by atoms with van der Waals surface area (Å²) in [5.41, 5.74) is -0.418. The third-order valence-corrected chi connectivity index (χ3v) is 8.45. The van der Waals surface area contributed by atoms with Crippen LogP contribution in [0, 0.1) is 0 Å². The maximum absolute atomic E-state index is 11.9. The van der Waals surface area contributed by atoms with Crippen molar-refractivity contribution in [1.29, 1.82) is 0 Å². The molecule has 10 heteroatoms. The molecule has 9 nitrogen and oxygen atoms in total. The molecule has 0 atom stereocenters. The lowest BCUT2D eigenvalue weighted by Crippen LogP contribution is -2.54. The highest BCUT2D eigenvalue weighted by atomic mass is 79.9. The van der Waals surface area contributed by atoms with Crippen LogP contribution in [0.5, 0.6) is 0 Å². The zero-order valence-corrected chi connectivity index (χ0v) is 24.7. The van der Waals surface area contributed by atoms with Crippen molar-refractivity contribution in [3.63, 3.8) is 0 Å². The summed E-state index contributed by atoms with van der Waals surface area (Å²) in [6.45, 7) is 18.1. The second-order valence-electron chi connectivity index (χ2n) is 12.6. The molecule has 2 aliphatic carbocycles. The minimum atomic E-state index is -0.434. The molecule has 0 bridgehead atoms. The molecule has 4 fully saturated rings. The van der Waals surface area contributed by atoms with Crippen molar-refractivity contribution in [2.24, 2.45) is 0 Å². The van der Waals surface area contributed by atoms with Gasteiger partial charge in [-0.3, -0.25) is 9.80 Å². The molecular weight excluding hydrogens is 528 g/mol. The van der Waals surface area contributed by atoms with Gasteiger partial charge in [-0.1, -0.05) is 15.9 Å². The van der Waals surface area contributed by atoms with Gasteiger partial charge in [-0.05, 0) is 67.2 Å². The van der Waals surface area contributed by atoms with Crippen LogP contribution in [-0.4, -0.2) is 123 Å². The Morgan fingerprint density at radius 2 is 1.03 bits per heavy atom. The van der Waals surface area contributed by atoms with E-state index >= 15 is 0 Å².